The van der Waals surface area contributed by atoms with Crippen LogP contribution in [0, 0.1) is 6.92 Å². The average Bonchev–Trinajstić information content (AvgIpc) is 2.76. The fourth-order valence-electron chi connectivity index (χ4n) is 1.77. The predicted molar refractivity (Wildman–Crippen MR) is 67.6 cm³/mol. The van der Waals surface area contributed by atoms with Gasteiger partial charge < -0.3 is 0 Å². The Morgan fingerprint density at radius 3 is 2.88 bits per heavy atom. The largest absolute Gasteiger partial charge is 0.245 e. The Bertz CT molecular complexity index is 629. The highest BCUT2D eigenvalue weighted by Crippen LogP contribution is 2.33. The molecule has 0 fully saturated rings. The zero-order valence-electron chi connectivity index (χ0n) is 8.84. The van der Waals surface area contributed by atoms with Gasteiger partial charge in [0.2, 0.25) is 0 Å². The van der Waals surface area contributed by atoms with Crippen LogP contribution in [0.1, 0.15) is 5.56 Å². The van der Waals surface area contributed by atoms with Gasteiger partial charge in [-0.1, -0.05) is 18.2 Å². The summed E-state index contributed by atoms with van der Waals surface area (Å²) >= 11 is 1.79. The Balaban J connectivity index is 2.23. The number of aryl methyl sites for hydroxylation is 1. The zero-order valence-corrected chi connectivity index (χ0v) is 9.66. The standard InChI is InChI=1S/C13H10N2S/c1-9-3-2-4-10-7-12(16-13(9)10)11-5-6-14-8-15-11/h2-8H,1H3. The maximum atomic E-state index is 4.27. The molecule has 0 bridgehead atoms. The van der Waals surface area contributed by atoms with Gasteiger partial charge in [0, 0.05) is 10.9 Å². The molecular weight excluding hydrogens is 216 g/mol. The third-order valence-electron chi connectivity index (χ3n) is 2.58. The van der Waals surface area contributed by atoms with Crippen LogP contribution in [0.15, 0.2) is 42.9 Å². The molecule has 0 saturated heterocycles. The van der Waals surface area contributed by atoms with E-state index < -0.39 is 0 Å². The number of nitrogens with zero attached hydrogens (tertiary/aromatic N) is 2. The molecule has 16 heavy (non-hydrogen) atoms. The number of hydrogen-bond donors (Lipinski definition) is 0. The third-order valence-corrected chi connectivity index (χ3v) is 3.88. The van der Waals surface area contributed by atoms with Crippen molar-refractivity contribution in [3.8, 4) is 10.6 Å². The van der Waals surface area contributed by atoms with Gasteiger partial charge >= 0.3 is 0 Å². The van der Waals surface area contributed by atoms with Gasteiger partial charge in [-0.15, -0.1) is 11.3 Å². The summed E-state index contributed by atoms with van der Waals surface area (Å²) < 4.78 is 1.34. The zero-order chi connectivity index (χ0) is 11.0. The molecule has 0 saturated carbocycles. The van der Waals surface area contributed by atoms with Crippen LogP contribution in [0.4, 0.5) is 0 Å². The first-order chi connectivity index (χ1) is 7.84. The third kappa shape index (κ3) is 1.49. The maximum absolute atomic E-state index is 4.27. The Labute approximate surface area is 97.6 Å². The number of thiophene rings is 1. The van der Waals surface area contributed by atoms with Gasteiger partial charge in [-0.05, 0) is 30.0 Å². The van der Waals surface area contributed by atoms with E-state index in [0.29, 0.717) is 0 Å². The SMILES string of the molecule is Cc1cccc2cc(-c3ccncn3)sc12. The van der Waals surface area contributed by atoms with Crippen LogP contribution in [-0.4, -0.2) is 9.97 Å². The first-order valence-corrected chi connectivity index (χ1v) is 5.92. The van der Waals surface area contributed by atoms with E-state index in [1.165, 1.54) is 20.5 Å². The average molecular weight is 226 g/mol. The molecule has 3 rings (SSSR count). The maximum Gasteiger partial charge on any atom is 0.116 e. The molecule has 0 atom stereocenters. The van der Waals surface area contributed by atoms with Crippen LogP contribution in [0.5, 0.6) is 0 Å². The van der Waals surface area contributed by atoms with Crippen LogP contribution in [-0.2, 0) is 0 Å². The van der Waals surface area contributed by atoms with Crippen molar-refractivity contribution in [3.63, 3.8) is 0 Å². The van der Waals surface area contributed by atoms with Crippen LogP contribution in [0.3, 0.4) is 0 Å². The molecule has 0 amide bonds. The molecule has 2 nitrogen and oxygen atoms in total. The van der Waals surface area contributed by atoms with Gasteiger partial charge in [-0.25, -0.2) is 9.97 Å². The van der Waals surface area contributed by atoms with Gasteiger partial charge in [0.25, 0.3) is 0 Å². The Kier molecular flexibility index (Phi) is 2.18. The molecule has 2 aromatic heterocycles. The smallest absolute Gasteiger partial charge is 0.116 e. The quantitative estimate of drug-likeness (QED) is 0.632. The van der Waals surface area contributed by atoms with Crippen molar-refractivity contribution in [1.82, 2.24) is 9.97 Å². The molecule has 3 aromatic rings. The van der Waals surface area contributed by atoms with Gasteiger partial charge in [0.15, 0.2) is 0 Å². The van der Waals surface area contributed by atoms with E-state index in [-0.39, 0.29) is 0 Å². The molecule has 78 valence electrons. The minimum absolute atomic E-state index is 0.996. The Morgan fingerprint density at radius 2 is 2.12 bits per heavy atom. The van der Waals surface area contributed by atoms with E-state index in [4.69, 9.17) is 0 Å². The summed E-state index contributed by atoms with van der Waals surface area (Å²) in [5, 5.41) is 1.29. The molecule has 0 unspecified atom stereocenters. The fraction of sp³-hybridized carbons (Fsp3) is 0.0769. The van der Waals surface area contributed by atoms with Crippen molar-refractivity contribution >= 4 is 21.4 Å². The van der Waals surface area contributed by atoms with E-state index in [1.807, 2.05) is 6.07 Å². The number of fused-ring (bicyclic) bond motifs is 1. The number of hydrogen-bond acceptors (Lipinski definition) is 3. The molecule has 0 aliphatic carbocycles. The van der Waals surface area contributed by atoms with Crippen molar-refractivity contribution in [2.24, 2.45) is 0 Å². The second-order valence-electron chi connectivity index (χ2n) is 3.70. The molecule has 0 aliphatic heterocycles. The second kappa shape index (κ2) is 3.68. The van der Waals surface area contributed by atoms with Gasteiger partial charge in [-0.3, -0.25) is 0 Å². The van der Waals surface area contributed by atoms with Gasteiger partial charge in [0.1, 0.15) is 6.33 Å². The van der Waals surface area contributed by atoms with Crippen molar-refractivity contribution < 1.29 is 0 Å². The summed E-state index contributed by atoms with van der Waals surface area (Å²) in [4.78, 5) is 9.41. The van der Waals surface area contributed by atoms with Gasteiger partial charge in [-0.2, -0.15) is 0 Å². The summed E-state index contributed by atoms with van der Waals surface area (Å²) in [5.74, 6) is 0. The summed E-state index contributed by atoms with van der Waals surface area (Å²) in [7, 11) is 0. The molecule has 0 radical (unpaired) electrons. The van der Waals surface area contributed by atoms with Crippen LogP contribution in [0.25, 0.3) is 20.7 Å². The number of rotatable bonds is 1. The lowest BCUT2D eigenvalue weighted by atomic mass is 10.2. The van der Waals surface area contributed by atoms with Crippen molar-refractivity contribution in [3.05, 3.63) is 48.4 Å². The van der Waals surface area contributed by atoms with E-state index in [2.05, 4.69) is 41.2 Å². The van der Waals surface area contributed by atoms with E-state index >= 15 is 0 Å². The fourth-order valence-corrected chi connectivity index (χ4v) is 2.88. The van der Waals surface area contributed by atoms with E-state index in [1.54, 1.807) is 23.9 Å². The van der Waals surface area contributed by atoms with Crippen molar-refractivity contribution in [1.29, 1.82) is 0 Å². The highest BCUT2D eigenvalue weighted by Gasteiger charge is 2.06. The van der Waals surface area contributed by atoms with E-state index in [9.17, 15) is 0 Å². The molecule has 1 aromatic carbocycles. The molecule has 0 aliphatic rings. The number of aromatic nitrogens is 2. The topological polar surface area (TPSA) is 25.8 Å². The summed E-state index contributed by atoms with van der Waals surface area (Å²) in [6.45, 7) is 2.14. The Morgan fingerprint density at radius 1 is 1.19 bits per heavy atom. The van der Waals surface area contributed by atoms with Crippen LogP contribution >= 0.6 is 11.3 Å². The highest BCUT2D eigenvalue weighted by atomic mass is 32.1. The lowest BCUT2D eigenvalue weighted by Gasteiger charge is -1.93. The monoisotopic (exact) mass is 226 g/mol. The first kappa shape index (κ1) is 9.48. The molecule has 3 heteroatoms. The van der Waals surface area contributed by atoms with E-state index in [0.717, 1.165) is 5.69 Å². The minimum atomic E-state index is 0.996. The first-order valence-electron chi connectivity index (χ1n) is 5.10. The summed E-state index contributed by atoms with van der Waals surface area (Å²) in [5.41, 5.74) is 2.32. The van der Waals surface area contributed by atoms with Crippen molar-refractivity contribution in [2.45, 2.75) is 6.92 Å². The summed E-state index contributed by atoms with van der Waals surface area (Å²) in [6, 6.07) is 10.5. The van der Waals surface area contributed by atoms with Crippen LogP contribution in [0.2, 0.25) is 0 Å². The lowest BCUT2D eigenvalue weighted by Crippen LogP contribution is -1.79. The molecule has 2 heterocycles. The molecular formula is C13H10N2S. The van der Waals surface area contributed by atoms with Crippen LogP contribution < -0.4 is 0 Å². The highest BCUT2D eigenvalue weighted by molar-refractivity contribution is 7.22. The second-order valence-corrected chi connectivity index (χ2v) is 4.75. The predicted octanol–water partition coefficient (Wildman–Crippen LogP) is 3.67. The lowest BCUT2D eigenvalue weighted by molar-refractivity contribution is 1.18. The molecule has 0 spiro atoms. The minimum Gasteiger partial charge on any atom is -0.245 e. The van der Waals surface area contributed by atoms with Crippen molar-refractivity contribution in [2.75, 3.05) is 0 Å². The normalized spacial score (nSPS) is 10.8. The number of benzene rings is 1. The Hall–Kier alpha value is -1.74. The van der Waals surface area contributed by atoms with Gasteiger partial charge in [0.05, 0.1) is 10.6 Å². The molecule has 0 N–H and O–H groups in total. The summed E-state index contributed by atoms with van der Waals surface area (Å²) in [6.07, 6.45) is 3.37.